The molecule has 0 radical (unpaired) electrons. The van der Waals surface area contributed by atoms with Crippen molar-refractivity contribution in [2.75, 3.05) is 32.1 Å². The van der Waals surface area contributed by atoms with Crippen molar-refractivity contribution in [3.8, 4) is 11.3 Å². The molecule has 0 spiro atoms. The number of hydrogen-bond acceptors (Lipinski definition) is 5. The molecule has 3 aromatic rings. The van der Waals surface area contributed by atoms with Crippen molar-refractivity contribution in [3.63, 3.8) is 0 Å². The van der Waals surface area contributed by atoms with Gasteiger partial charge in [0.2, 0.25) is 0 Å². The third-order valence-corrected chi connectivity index (χ3v) is 5.11. The van der Waals surface area contributed by atoms with Crippen LogP contribution in [0.3, 0.4) is 0 Å². The first kappa shape index (κ1) is 16.0. The molecule has 0 aromatic carbocycles. The predicted octanol–water partition coefficient (Wildman–Crippen LogP) is 2.71. The molecule has 4 heterocycles. The maximum absolute atomic E-state index is 4.75. The van der Waals surface area contributed by atoms with Gasteiger partial charge in [-0.05, 0) is 38.6 Å². The van der Waals surface area contributed by atoms with E-state index in [0.29, 0.717) is 6.04 Å². The van der Waals surface area contributed by atoms with Crippen LogP contribution >= 0.6 is 0 Å². The molecule has 0 unspecified atom stereocenters. The average molecular weight is 336 g/mol. The van der Waals surface area contributed by atoms with Gasteiger partial charge in [-0.1, -0.05) is 6.42 Å². The molecule has 4 rings (SSSR count). The summed E-state index contributed by atoms with van der Waals surface area (Å²) < 4.78 is 1.92. The molecule has 1 saturated heterocycles. The number of hydrogen-bond donors (Lipinski definition) is 0. The maximum atomic E-state index is 4.75. The zero-order chi connectivity index (χ0) is 17.2. The fourth-order valence-corrected chi connectivity index (χ4v) is 3.62. The number of likely N-dealkylation sites (N-methyl/N-ethyl adjacent to an activating group) is 2. The second-order valence-corrected chi connectivity index (χ2v) is 6.85. The number of nitrogens with zero attached hydrogens (tertiary/aromatic N) is 6. The van der Waals surface area contributed by atoms with Gasteiger partial charge in [-0.15, -0.1) is 0 Å². The Morgan fingerprint density at radius 2 is 2.00 bits per heavy atom. The summed E-state index contributed by atoms with van der Waals surface area (Å²) >= 11 is 0. The Bertz CT molecular complexity index is 844. The lowest BCUT2D eigenvalue weighted by atomic mass is 10.0. The highest BCUT2D eigenvalue weighted by Crippen LogP contribution is 2.25. The molecule has 6 heteroatoms. The van der Waals surface area contributed by atoms with E-state index in [0.717, 1.165) is 29.3 Å². The van der Waals surface area contributed by atoms with Gasteiger partial charge < -0.3 is 9.80 Å². The van der Waals surface area contributed by atoms with Crippen LogP contribution in [-0.4, -0.2) is 57.7 Å². The summed E-state index contributed by atoms with van der Waals surface area (Å²) in [5, 5.41) is 4.47. The lowest BCUT2D eigenvalue weighted by Gasteiger charge is -2.35. The Kier molecular flexibility index (Phi) is 4.36. The monoisotopic (exact) mass is 336 g/mol. The molecule has 0 bridgehead atoms. The number of rotatable bonds is 4. The molecule has 25 heavy (non-hydrogen) atoms. The van der Waals surface area contributed by atoms with Gasteiger partial charge in [0, 0.05) is 49.7 Å². The molecule has 1 aliphatic rings. The first-order valence-electron chi connectivity index (χ1n) is 8.89. The molecule has 3 aromatic heterocycles. The molecule has 0 N–H and O–H groups in total. The standard InChI is InChI=1S/C19H24N6/c1-23-12-4-3-5-16(23)14-24(2)19-13-17(15-6-9-20-10-7-15)22-18-8-11-21-25(18)19/h6-11,13,16H,3-5,12,14H2,1-2H3/t16-/m1/s1. The first-order valence-corrected chi connectivity index (χ1v) is 8.89. The Labute approximate surface area is 148 Å². The van der Waals surface area contributed by atoms with Gasteiger partial charge in [-0.2, -0.15) is 9.61 Å². The molecule has 1 fully saturated rings. The highest BCUT2D eigenvalue weighted by atomic mass is 15.3. The Morgan fingerprint density at radius 1 is 1.16 bits per heavy atom. The minimum absolute atomic E-state index is 0.585. The zero-order valence-corrected chi connectivity index (χ0v) is 14.8. The van der Waals surface area contributed by atoms with Crippen molar-refractivity contribution in [1.29, 1.82) is 0 Å². The summed E-state index contributed by atoms with van der Waals surface area (Å²) in [6.45, 7) is 2.18. The van der Waals surface area contributed by atoms with Crippen LogP contribution in [0.5, 0.6) is 0 Å². The Morgan fingerprint density at radius 3 is 2.80 bits per heavy atom. The molecular weight excluding hydrogens is 312 g/mol. The number of piperidine rings is 1. The summed E-state index contributed by atoms with van der Waals surface area (Å²) in [6, 6.07) is 8.65. The highest BCUT2D eigenvalue weighted by molar-refractivity contribution is 5.66. The fraction of sp³-hybridized carbons (Fsp3) is 0.421. The smallest absolute Gasteiger partial charge is 0.157 e. The van der Waals surface area contributed by atoms with Crippen molar-refractivity contribution in [1.82, 2.24) is 24.5 Å². The lowest BCUT2D eigenvalue weighted by Crippen LogP contribution is -2.44. The number of likely N-dealkylation sites (tertiary alicyclic amines) is 1. The third-order valence-electron chi connectivity index (χ3n) is 5.11. The van der Waals surface area contributed by atoms with E-state index < -0.39 is 0 Å². The van der Waals surface area contributed by atoms with E-state index in [4.69, 9.17) is 4.98 Å². The van der Waals surface area contributed by atoms with Gasteiger partial charge in [0.25, 0.3) is 0 Å². The number of fused-ring (bicyclic) bond motifs is 1. The molecular formula is C19H24N6. The maximum Gasteiger partial charge on any atom is 0.157 e. The van der Waals surface area contributed by atoms with Crippen molar-refractivity contribution in [3.05, 3.63) is 42.9 Å². The van der Waals surface area contributed by atoms with Gasteiger partial charge in [-0.25, -0.2) is 4.98 Å². The summed E-state index contributed by atoms with van der Waals surface area (Å²) in [5.41, 5.74) is 2.89. The number of pyridine rings is 1. The summed E-state index contributed by atoms with van der Waals surface area (Å²) in [6.07, 6.45) is 9.30. The number of aromatic nitrogens is 4. The molecule has 1 atom stereocenters. The van der Waals surface area contributed by atoms with E-state index in [1.807, 2.05) is 28.9 Å². The molecule has 6 nitrogen and oxygen atoms in total. The molecule has 130 valence electrons. The van der Waals surface area contributed by atoms with E-state index in [2.05, 4.69) is 40.0 Å². The van der Waals surface area contributed by atoms with Crippen molar-refractivity contribution >= 4 is 11.5 Å². The summed E-state index contributed by atoms with van der Waals surface area (Å²) in [4.78, 5) is 13.6. The predicted molar refractivity (Wildman–Crippen MR) is 99.8 cm³/mol. The first-order chi connectivity index (χ1) is 12.2. The SMILES string of the molecule is CN(C[C@H]1CCCCN1C)c1cc(-c2ccncc2)nc2ccnn12. The Hall–Kier alpha value is -2.47. The molecule has 0 amide bonds. The second-order valence-electron chi connectivity index (χ2n) is 6.85. The van der Waals surface area contributed by atoms with Crippen molar-refractivity contribution in [2.24, 2.45) is 0 Å². The minimum atomic E-state index is 0.585. The average Bonchev–Trinajstić information content (AvgIpc) is 3.12. The summed E-state index contributed by atoms with van der Waals surface area (Å²) in [5.74, 6) is 1.07. The van der Waals surface area contributed by atoms with Crippen molar-refractivity contribution < 1.29 is 0 Å². The van der Waals surface area contributed by atoms with Crippen LogP contribution in [0, 0.1) is 0 Å². The van der Waals surface area contributed by atoms with Crippen LogP contribution in [0.4, 0.5) is 5.82 Å². The quantitative estimate of drug-likeness (QED) is 0.733. The largest absolute Gasteiger partial charge is 0.358 e. The molecule has 1 aliphatic heterocycles. The minimum Gasteiger partial charge on any atom is -0.358 e. The fourth-order valence-electron chi connectivity index (χ4n) is 3.62. The van der Waals surface area contributed by atoms with E-state index in [1.165, 1.54) is 25.8 Å². The van der Waals surface area contributed by atoms with Crippen LogP contribution in [-0.2, 0) is 0 Å². The molecule has 0 aliphatic carbocycles. The highest BCUT2D eigenvalue weighted by Gasteiger charge is 2.22. The van der Waals surface area contributed by atoms with E-state index >= 15 is 0 Å². The van der Waals surface area contributed by atoms with Crippen molar-refractivity contribution in [2.45, 2.75) is 25.3 Å². The Balaban J connectivity index is 1.69. The van der Waals surface area contributed by atoms with Gasteiger partial charge >= 0.3 is 0 Å². The zero-order valence-electron chi connectivity index (χ0n) is 14.8. The van der Waals surface area contributed by atoms with Crippen LogP contribution in [0.15, 0.2) is 42.9 Å². The van der Waals surface area contributed by atoms with Gasteiger partial charge in [0.15, 0.2) is 5.65 Å². The van der Waals surface area contributed by atoms with E-state index in [9.17, 15) is 0 Å². The number of anilines is 1. The van der Waals surface area contributed by atoms with Gasteiger partial charge in [-0.3, -0.25) is 4.98 Å². The van der Waals surface area contributed by atoms with E-state index in [-0.39, 0.29) is 0 Å². The van der Waals surface area contributed by atoms with Gasteiger partial charge in [0.1, 0.15) is 5.82 Å². The second kappa shape index (κ2) is 6.80. The third kappa shape index (κ3) is 3.22. The van der Waals surface area contributed by atoms with Gasteiger partial charge in [0.05, 0.1) is 11.9 Å². The normalized spacial score (nSPS) is 18.6. The lowest BCUT2D eigenvalue weighted by molar-refractivity contribution is 0.189. The summed E-state index contributed by atoms with van der Waals surface area (Å²) in [7, 11) is 4.38. The molecule has 0 saturated carbocycles. The van der Waals surface area contributed by atoms with E-state index in [1.54, 1.807) is 12.4 Å². The van der Waals surface area contributed by atoms with Crippen LogP contribution < -0.4 is 4.90 Å². The van der Waals surface area contributed by atoms with Crippen LogP contribution in [0.25, 0.3) is 16.9 Å². The van der Waals surface area contributed by atoms with Crippen LogP contribution in [0.1, 0.15) is 19.3 Å². The topological polar surface area (TPSA) is 49.6 Å². The van der Waals surface area contributed by atoms with Crippen LogP contribution in [0.2, 0.25) is 0 Å².